The first-order valence-electron chi connectivity index (χ1n) is 6.76. The van der Waals surface area contributed by atoms with Crippen molar-refractivity contribution in [3.63, 3.8) is 0 Å². The lowest BCUT2D eigenvalue weighted by Gasteiger charge is -2.06. The molecule has 5 nitrogen and oxygen atoms in total. The van der Waals surface area contributed by atoms with E-state index < -0.39 is 0 Å². The van der Waals surface area contributed by atoms with Crippen LogP contribution in [0.15, 0.2) is 24.3 Å². The van der Waals surface area contributed by atoms with Crippen LogP contribution in [0.3, 0.4) is 0 Å². The molecule has 0 aliphatic rings. The summed E-state index contributed by atoms with van der Waals surface area (Å²) in [5.41, 5.74) is 2.25. The molecule has 0 saturated carbocycles. The first-order valence-corrected chi connectivity index (χ1v) is 7.57. The molecule has 2 aromatic heterocycles. The molecule has 104 valence electrons. The number of aromatic nitrogens is 4. The minimum Gasteiger partial charge on any atom is -0.363 e. The van der Waals surface area contributed by atoms with Gasteiger partial charge in [0.2, 0.25) is 5.13 Å². The van der Waals surface area contributed by atoms with E-state index in [1.807, 2.05) is 13.1 Å². The first-order chi connectivity index (χ1) is 9.81. The smallest absolute Gasteiger partial charge is 0.205 e. The van der Waals surface area contributed by atoms with Crippen LogP contribution >= 0.6 is 11.3 Å². The number of hydrogen-bond donors (Lipinski definition) is 1. The van der Waals surface area contributed by atoms with E-state index in [0.29, 0.717) is 0 Å². The van der Waals surface area contributed by atoms with E-state index in [9.17, 15) is 0 Å². The number of fused-ring (bicyclic) bond motifs is 1. The van der Waals surface area contributed by atoms with Gasteiger partial charge in [-0.3, -0.25) is 0 Å². The van der Waals surface area contributed by atoms with Crippen LogP contribution in [-0.4, -0.2) is 26.8 Å². The molecule has 0 amide bonds. The van der Waals surface area contributed by atoms with Crippen molar-refractivity contribution in [2.75, 3.05) is 12.4 Å². The van der Waals surface area contributed by atoms with Crippen molar-refractivity contribution < 1.29 is 0 Å². The van der Waals surface area contributed by atoms with Crippen LogP contribution in [0.1, 0.15) is 24.2 Å². The summed E-state index contributed by atoms with van der Waals surface area (Å²) in [6, 6.07) is 8.27. The van der Waals surface area contributed by atoms with Crippen molar-refractivity contribution in [1.82, 2.24) is 19.7 Å². The highest BCUT2D eigenvalue weighted by atomic mass is 32.1. The van der Waals surface area contributed by atoms with Crippen LogP contribution in [0, 0.1) is 0 Å². The molecule has 1 N–H and O–H groups in total. The molecule has 0 bridgehead atoms. The van der Waals surface area contributed by atoms with Crippen LogP contribution in [0.25, 0.3) is 11.0 Å². The maximum atomic E-state index is 4.74. The number of hydrogen-bond acceptors (Lipinski definition) is 5. The van der Waals surface area contributed by atoms with Crippen LogP contribution in [0.2, 0.25) is 0 Å². The molecule has 3 rings (SSSR count). The highest BCUT2D eigenvalue weighted by molar-refractivity contribution is 7.15. The first kappa shape index (κ1) is 13.1. The largest absolute Gasteiger partial charge is 0.363 e. The van der Waals surface area contributed by atoms with Gasteiger partial charge in [0.15, 0.2) is 0 Å². The molecule has 20 heavy (non-hydrogen) atoms. The lowest BCUT2D eigenvalue weighted by atomic mass is 10.3. The van der Waals surface area contributed by atoms with Gasteiger partial charge in [0, 0.05) is 13.6 Å². The van der Waals surface area contributed by atoms with E-state index >= 15 is 0 Å². The van der Waals surface area contributed by atoms with Gasteiger partial charge < -0.3 is 9.88 Å². The fourth-order valence-corrected chi connectivity index (χ4v) is 2.98. The third-order valence-corrected chi connectivity index (χ3v) is 4.11. The van der Waals surface area contributed by atoms with Crippen molar-refractivity contribution in [1.29, 1.82) is 0 Å². The van der Waals surface area contributed by atoms with Crippen molar-refractivity contribution >= 4 is 27.5 Å². The molecule has 0 spiro atoms. The summed E-state index contributed by atoms with van der Waals surface area (Å²) in [6.07, 6.45) is 1.82. The topological polar surface area (TPSA) is 55.6 Å². The Labute approximate surface area is 121 Å². The van der Waals surface area contributed by atoms with Gasteiger partial charge >= 0.3 is 0 Å². The predicted molar refractivity (Wildman–Crippen MR) is 82.3 cm³/mol. The monoisotopic (exact) mass is 287 g/mol. The minimum atomic E-state index is 0.730. The van der Waals surface area contributed by atoms with Crippen molar-refractivity contribution in [2.45, 2.75) is 26.3 Å². The Balaban J connectivity index is 1.99. The summed E-state index contributed by atoms with van der Waals surface area (Å²) in [5, 5.41) is 13.1. The summed E-state index contributed by atoms with van der Waals surface area (Å²) >= 11 is 1.58. The Morgan fingerprint density at radius 2 is 2.10 bits per heavy atom. The van der Waals surface area contributed by atoms with Gasteiger partial charge in [-0.15, -0.1) is 10.2 Å². The average Bonchev–Trinajstić information content (AvgIpc) is 3.05. The van der Waals surface area contributed by atoms with Crippen molar-refractivity contribution in [3.8, 4) is 0 Å². The number of benzene rings is 1. The number of aryl methyl sites for hydroxylation is 1. The molecule has 0 fully saturated rings. The molecule has 1 aromatic carbocycles. The number of imidazole rings is 1. The molecule has 0 atom stereocenters. The van der Waals surface area contributed by atoms with Crippen LogP contribution in [-0.2, 0) is 13.0 Å². The third kappa shape index (κ3) is 2.38. The third-order valence-electron chi connectivity index (χ3n) is 3.17. The predicted octanol–water partition coefficient (Wildman–Crippen LogP) is 2.93. The quantitative estimate of drug-likeness (QED) is 0.784. The van der Waals surface area contributed by atoms with Gasteiger partial charge in [-0.25, -0.2) is 4.98 Å². The van der Waals surface area contributed by atoms with E-state index in [4.69, 9.17) is 4.98 Å². The van der Waals surface area contributed by atoms with Crippen LogP contribution in [0.4, 0.5) is 5.13 Å². The van der Waals surface area contributed by atoms with Gasteiger partial charge in [0.1, 0.15) is 10.8 Å². The molecule has 0 radical (unpaired) electrons. The zero-order valence-electron chi connectivity index (χ0n) is 11.6. The maximum Gasteiger partial charge on any atom is 0.205 e. The fourth-order valence-electron chi connectivity index (χ4n) is 2.29. The lowest BCUT2D eigenvalue weighted by Crippen LogP contribution is -2.04. The highest BCUT2D eigenvalue weighted by Gasteiger charge is 2.12. The molecule has 0 unspecified atom stereocenters. The number of anilines is 1. The molecule has 6 heteroatoms. The highest BCUT2D eigenvalue weighted by Crippen LogP contribution is 2.21. The molecule has 3 aromatic rings. The number of para-hydroxylation sites is 2. The lowest BCUT2D eigenvalue weighted by molar-refractivity contribution is 0.663. The Morgan fingerprint density at radius 3 is 2.85 bits per heavy atom. The Kier molecular flexibility index (Phi) is 3.64. The van der Waals surface area contributed by atoms with E-state index in [0.717, 1.165) is 40.9 Å². The van der Waals surface area contributed by atoms with Gasteiger partial charge in [-0.05, 0) is 18.6 Å². The summed E-state index contributed by atoms with van der Waals surface area (Å²) in [4.78, 5) is 4.74. The molecule has 0 saturated heterocycles. The second-order valence-corrected chi connectivity index (χ2v) is 5.66. The van der Waals surface area contributed by atoms with E-state index in [1.54, 1.807) is 11.3 Å². The van der Waals surface area contributed by atoms with Gasteiger partial charge in [-0.1, -0.05) is 30.4 Å². The van der Waals surface area contributed by atoms with Gasteiger partial charge in [0.25, 0.3) is 0 Å². The molecule has 2 heterocycles. The number of nitrogens with one attached hydrogen (secondary N) is 1. The fraction of sp³-hybridized carbons (Fsp3) is 0.357. The van der Waals surface area contributed by atoms with Crippen LogP contribution in [0.5, 0.6) is 0 Å². The standard InChI is InChI=1S/C14H17N5S/c1-3-8-19-11-7-5-4-6-10(11)16-12(19)9-13-17-18-14(15-2)20-13/h4-7H,3,8-9H2,1-2H3,(H,15,18). The second kappa shape index (κ2) is 5.58. The van der Waals surface area contributed by atoms with Gasteiger partial charge in [-0.2, -0.15) is 0 Å². The maximum absolute atomic E-state index is 4.74. The summed E-state index contributed by atoms with van der Waals surface area (Å²) < 4.78 is 2.29. The molecular weight excluding hydrogens is 270 g/mol. The zero-order valence-corrected chi connectivity index (χ0v) is 12.4. The van der Waals surface area contributed by atoms with Crippen molar-refractivity contribution in [3.05, 3.63) is 35.1 Å². The van der Waals surface area contributed by atoms with E-state index in [1.165, 1.54) is 5.52 Å². The molecular formula is C14H17N5S. The number of rotatable bonds is 5. The average molecular weight is 287 g/mol. The minimum absolute atomic E-state index is 0.730. The van der Waals surface area contributed by atoms with Crippen LogP contribution < -0.4 is 5.32 Å². The SMILES string of the molecule is CCCn1c(Cc2nnc(NC)s2)nc2ccccc21. The molecule has 0 aliphatic carbocycles. The zero-order chi connectivity index (χ0) is 13.9. The summed E-state index contributed by atoms with van der Waals surface area (Å²) in [5.74, 6) is 1.06. The normalized spacial score (nSPS) is 11.1. The van der Waals surface area contributed by atoms with Gasteiger partial charge in [0.05, 0.1) is 17.5 Å². The summed E-state index contributed by atoms with van der Waals surface area (Å²) in [7, 11) is 1.86. The Hall–Kier alpha value is -1.95. The Bertz CT molecular complexity index is 715. The second-order valence-electron chi connectivity index (χ2n) is 4.60. The van der Waals surface area contributed by atoms with E-state index in [2.05, 4.69) is 45.2 Å². The summed E-state index contributed by atoms with van der Waals surface area (Å²) in [6.45, 7) is 3.16. The molecule has 0 aliphatic heterocycles. The van der Waals surface area contributed by atoms with E-state index in [-0.39, 0.29) is 0 Å². The van der Waals surface area contributed by atoms with Crippen molar-refractivity contribution in [2.24, 2.45) is 0 Å². The number of nitrogens with zero attached hydrogens (tertiary/aromatic N) is 4. The Morgan fingerprint density at radius 1 is 1.25 bits per heavy atom.